The van der Waals surface area contributed by atoms with E-state index >= 15 is 0 Å². The summed E-state index contributed by atoms with van der Waals surface area (Å²) >= 11 is 0. The van der Waals surface area contributed by atoms with Crippen LogP contribution in [0.3, 0.4) is 0 Å². The summed E-state index contributed by atoms with van der Waals surface area (Å²) in [6, 6.07) is 1.89. The van der Waals surface area contributed by atoms with Crippen LogP contribution in [0.25, 0.3) is 0 Å². The van der Waals surface area contributed by atoms with Crippen molar-refractivity contribution >= 4 is 15.7 Å². The number of nitrogens with zero attached hydrogens (tertiary/aromatic N) is 3. The third kappa shape index (κ3) is 4.83. The molecule has 1 aromatic heterocycles. The Labute approximate surface area is 132 Å². The quantitative estimate of drug-likeness (QED) is 0.790. The van der Waals surface area contributed by atoms with Gasteiger partial charge in [-0.05, 0) is 31.2 Å². The predicted molar refractivity (Wildman–Crippen MR) is 85.1 cm³/mol. The number of rotatable bonds is 6. The smallest absolute Gasteiger partial charge is 0.238 e. The molecule has 6 nitrogen and oxygen atoms in total. The van der Waals surface area contributed by atoms with Crippen LogP contribution in [0.15, 0.2) is 18.5 Å². The molecule has 0 aliphatic carbocycles. The first-order valence-corrected chi connectivity index (χ1v) is 9.67. The maximum atomic E-state index is 12.5. The molecule has 22 heavy (non-hydrogen) atoms. The minimum Gasteiger partial charge on any atom is -0.337 e. The molecule has 0 saturated carbocycles. The molecule has 124 valence electrons. The van der Waals surface area contributed by atoms with E-state index in [1.165, 1.54) is 0 Å². The van der Waals surface area contributed by atoms with Crippen LogP contribution in [0.4, 0.5) is 0 Å². The van der Waals surface area contributed by atoms with E-state index in [1.807, 2.05) is 26.1 Å². The predicted octanol–water partition coefficient (Wildman–Crippen LogP) is 1.33. The largest absolute Gasteiger partial charge is 0.337 e. The monoisotopic (exact) mass is 327 g/mol. The highest BCUT2D eigenvalue weighted by Crippen LogP contribution is 2.19. The van der Waals surface area contributed by atoms with Gasteiger partial charge in [-0.3, -0.25) is 9.48 Å². The minimum atomic E-state index is -3.33. The molecule has 7 heteroatoms. The molecule has 0 N–H and O–H groups in total. The minimum absolute atomic E-state index is 0.0374. The van der Waals surface area contributed by atoms with E-state index in [0.717, 1.165) is 19.3 Å². The van der Waals surface area contributed by atoms with Gasteiger partial charge < -0.3 is 4.90 Å². The number of hydrogen-bond donors (Lipinski definition) is 0. The fraction of sp³-hybridized carbons (Fsp3) is 0.733. The molecule has 1 saturated heterocycles. The van der Waals surface area contributed by atoms with Crippen LogP contribution < -0.4 is 0 Å². The number of piperidine rings is 1. The zero-order valence-electron chi connectivity index (χ0n) is 13.3. The molecule has 1 atom stereocenters. The third-order valence-electron chi connectivity index (χ3n) is 3.84. The standard InChI is InChI=1S/C15H25N3O3S/c1-13(2)11-22(20,21)12-15(19)18-9-4-3-6-14(18)10-17-8-5-7-16-17/h5,7-8,13-14H,3-4,6,9-12H2,1-2H3/t14-/m0/s1. The number of aromatic nitrogens is 2. The molecular weight excluding hydrogens is 302 g/mol. The Morgan fingerprint density at radius 2 is 2.14 bits per heavy atom. The number of carbonyl (C=O) groups is 1. The first-order valence-electron chi connectivity index (χ1n) is 7.85. The molecule has 2 heterocycles. The van der Waals surface area contributed by atoms with Gasteiger partial charge in [0.15, 0.2) is 9.84 Å². The SMILES string of the molecule is CC(C)CS(=O)(=O)CC(=O)N1CCCC[C@H]1Cn1cccn1. The van der Waals surface area contributed by atoms with Gasteiger partial charge in [-0.1, -0.05) is 13.8 Å². The second-order valence-corrected chi connectivity index (χ2v) is 8.52. The lowest BCUT2D eigenvalue weighted by atomic mass is 10.0. The Balaban J connectivity index is 2.02. The van der Waals surface area contributed by atoms with Gasteiger partial charge in [-0.15, -0.1) is 0 Å². The van der Waals surface area contributed by atoms with Crippen molar-refractivity contribution in [2.24, 2.45) is 5.92 Å². The van der Waals surface area contributed by atoms with Crippen LogP contribution in [0.5, 0.6) is 0 Å². The van der Waals surface area contributed by atoms with Crippen molar-refractivity contribution in [1.29, 1.82) is 0 Å². The normalized spacial score (nSPS) is 19.6. The maximum Gasteiger partial charge on any atom is 0.238 e. The Kier molecular flexibility index (Phi) is 5.61. The number of amides is 1. The highest BCUT2D eigenvalue weighted by atomic mass is 32.2. The highest BCUT2D eigenvalue weighted by molar-refractivity contribution is 7.92. The Hall–Kier alpha value is -1.37. The molecule has 2 rings (SSSR count). The van der Waals surface area contributed by atoms with Crippen LogP contribution in [0.2, 0.25) is 0 Å². The topological polar surface area (TPSA) is 72.3 Å². The molecule has 0 bridgehead atoms. The summed E-state index contributed by atoms with van der Waals surface area (Å²) in [6.45, 7) is 4.97. The zero-order chi connectivity index (χ0) is 16.2. The first kappa shape index (κ1) is 17.0. The average molecular weight is 327 g/mol. The van der Waals surface area contributed by atoms with Crippen LogP contribution in [0.1, 0.15) is 33.1 Å². The molecule has 0 aromatic carbocycles. The van der Waals surface area contributed by atoms with Crippen molar-refractivity contribution in [2.75, 3.05) is 18.1 Å². The molecule has 0 unspecified atom stereocenters. The van der Waals surface area contributed by atoms with Gasteiger partial charge in [0.1, 0.15) is 5.75 Å². The molecule has 0 spiro atoms. The summed E-state index contributed by atoms with van der Waals surface area (Å²) in [5.41, 5.74) is 0. The molecular formula is C15H25N3O3S. The maximum absolute atomic E-state index is 12.5. The lowest BCUT2D eigenvalue weighted by Crippen LogP contribution is -2.48. The van der Waals surface area contributed by atoms with Crippen molar-refractivity contribution in [1.82, 2.24) is 14.7 Å². The molecule has 1 amide bonds. The van der Waals surface area contributed by atoms with Gasteiger partial charge in [0, 0.05) is 18.9 Å². The van der Waals surface area contributed by atoms with Gasteiger partial charge >= 0.3 is 0 Å². The van der Waals surface area contributed by atoms with E-state index < -0.39 is 9.84 Å². The summed E-state index contributed by atoms with van der Waals surface area (Å²) < 4.78 is 25.9. The second-order valence-electron chi connectivity index (χ2n) is 6.41. The van der Waals surface area contributed by atoms with Crippen molar-refractivity contribution < 1.29 is 13.2 Å². The van der Waals surface area contributed by atoms with E-state index in [-0.39, 0.29) is 29.4 Å². The summed E-state index contributed by atoms with van der Waals surface area (Å²) in [6.07, 6.45) is 6.48. The van der Waals surface area contributed by atoms with Crippen LogP contribution in [-0.2, 0) is 21.2 Å². The summed E-state index contributed by atoms with van der Waals surface area (Å²) in [7, 11) is -3.33. The van der Waals surface area contributed by atoms with Crippen molar-refractivity contribution in [3.05, 3.63) is 18.5 Å². The van der Waals surface area contributed by atoms with Crippen LogP contribution in [-0.4, -0.2) is 53.1 Å². The van der Waals surface area contributed by atoms with Gasteiger partial charge in [0.25, 0.3) is 0 Å². The first-order chi connectivity index (χ1) is 10.4. The van der Waals surface area contributed by atoms with E-state index in [0.29, 0.717) is 13.1 Å². The van der Waals surface area contributed by atoms with Gasteiger partial charge in [0.05, 0.1) is 18.3 Å². The van der Waals surface area contributed by atoms with E-state index in [2.05, 4.69) is 5.10 Å². The highest BCUT2D eigenvalue weighted by Gasteiger charge is 2.30. The van der Waals surface area contributed by atoms with Gasteiger partial charge in [0.2, 0.25) is 5.91 Å². The Morgan fingerprint density at radius 1 is 1.36 bits per heavy atom. The molecule has 1 fully saturated rings. The van der Waals surface area contributed by atoms with E-state index in [9.17, 15) is 13.2 Å². The van der Waals surface area contributed by atoms with Crippen molar-refractivity contribution in [2.45, 2.75) is 45.7 Å². The van der Waals surface area contributed by atoms with Crippen molar-refractivity contribution in [3.8, 4) is 0 Å². The number of sulfone groups is 1. The lowest BCUT2D eigenvalue weighted by molar-refractivity contribution is -0.132. The number of hydrogen-bond acceptors (Lipinski definition) is 4. The third-order valence-corrected chi connectivity index (χ3v) is 5.70. The zero-order valence-corrected chi connectivity index (χ0v) is 14.1. The summed E-state index contributed by atoms with van der Waals surface area (Å²) in [5.74, 6) is -0.534. The van der Waals surface area contributed by atoms with Gasteiger partial charge in [-0.25, -0.2) is 8.42 Å². The fourth-order valence-corrected chi connectivity index (χ4v) is 4.66. The van der Waals surface area contributed by atoms with Gasteiger partial charge in [-0.2, -0.15) is 5.10 Å². The van der Waals surface area contributed by atoms with E-state index in [1.54, 1.807) is 15.8 Å². The van der Waals surface area contributed by atoms with Crippen molar-refractivity contribution in [3.63, 3.8) is 0 Å². The second kappa shape index (κ2) is 7.26. The average Bonchev–Trinajstić information content (AvgIpc) is 2.90. The van der Waals surface area contributed by atoms with E-state index in [4.69, 9.17) is 0 Å². The molecule has 1 aliphatic heterocycles. The molecule has 1 aliphatic rings. The fourth-order valence-electron chi connectivity index (χ4n) is 2.98. The summed E-state index contributed by atoms with van der Waals surface area (Å²) in [4.78, 5) is 14.2. The van der Waals surface area contributed by atoms with Crippen LogP contribution in [0, 0.1) is 5.92 Å². The summed E-state index contributed by atoms with van der Waals surface area (Å²) in [5, 5.41) is 4.18. The number of carbonyl (C=O) groups excluding carboxylic acids is 1. The lowest BCUT2D eigenvalue weighted by Gasteiger charge is -2.35. The molecule has 1 aromatic rings. The Morgan fingerprint density at radius 3 is 2.77 bits per heavy atom. The number of likely N-dealkylation sites (tertiary alicyclic amines) is 1. The molecule has 0 radical (unpaired) electrons. The Bertz CT molecular complexity index is 581. The van der Waals surface area contributed by atoms with Crippen LogP contribution >= 0.6 is 0 Å².